The van der Waals surface area contributed by atoms with Gasteiger partial charge in [0.1, 0.15) is 0 Å². The van der Waals surface area contributed by atoms with Crippen molar-refractivity contribution in [1.29, 1.82) is 0 Å². The number of alkyl halides is 1. The Morgan fingerprint density at radius 2 is 2.50 bits per heavy atom. The normalized spacial score (nSPS) is 30.3. The first kappa shape index (κ1) is 12.2. The summed E-state index contributed by atoms with van der Waals surface area (Å²) < 4.78 is 0. The summed E-state index contributed by atoms with van der Waals surface area (Å²) in [5.74, 6) is 1.44. The highest BCUT2D eigenvalue weighted by molar-refractivity contribution is 7.13. The van der Waals surface area contributed by atoms with E-state index in [9.17, 15) is 0 Å². The SMILES string of the molecule is Cc1csc(NC2(CCl)CCCC(C)C2)n1. The molecule has 0 saturated heterocycles. The first-order valence-electron chi connectivity index (χ1n) is 5.90. The number of halogens is 1. The molecule has 1 aromatic heterocycles. The number of anilines is 1. The van der Waals surface area contributed by atoms with Crippen LogP contribution in [0, 0.1) is 12.8 Å². The lowest BCUT2D eigenvalue weighted by Crippen LogP contribution is -2.44. The Hall–Kier alpha value is -0.280. The second-order valence-corrected chi connectivity index (χ2v) is 6.16. The number of aryl methyl sites for hydroxylation is 1. The van der Waals surface area contributed by atoms with Gasteiger partial charge in [-0.2, -0.15) is 0 Å². The fourth-order valence-electron chi connectivity index (χ4n) is 2.57. The Kier molecular flexibility index (Phi) is 3.75. The molecule has 0 aliphatic heterocycles. The van der Waals surface area contributed by atoms with Crippen molar-refractivity contribution in [1.82, 2.24) is 4.98 Å². The first-order chi connectivity index (χ1) is 7.63. The average Bonchev–Trinajstić information content (AvgIpc) is 2.64. The summed E-state index contributed by atoms with van der Waals surface area (Å²) >= 11 is 7.85. The molecule has 1 aliphatic rings. The maximum Gasteiger partial charge on any atom is 0.183 e. The lowest BCUT2D eigenvalue weighted by molar-refractivity contribution is 0.279. The third kappa shape index (κ3) is 2.69. The lowest BCUT2D eigenvalue weighted by Gasteiger charge is -2.39. The Morgan fingerprint density at radius 3 is 3.06 bits per heavy atom. The van der Waals surface area contributed by atoms with E-state index in [1.165, 1.54) is 19.3 Å². The van der Waals surface area contributed by atoms with Gasteiger partial charge >= 0.3 is 0 Å². The van der Waals surface area contributed by atoms with Crippen LogP contribution in [0.2, 0.25) is 0 Å². The Balaban J connectivity index is 2.09. The number of hydrogen-bond acceptors (Lipinski definition) is 3. The van der Waals surface area contributed by atoms with E-state index in [2.05, 4.69) is 22.6 Å². The molecule has 0 bridgehead atoms. The predicted molar refractivity (Wildman–Crippen MR) is 71.6 cm³/mol. The molecule has 16 heavy (non-hydrogen) atoms. The average molecular weight is 259 g/mol. The van der Waals surface area contributed by atoms with Crippen LogP contribution in [0.25, 0.3) is 0 Å². The van der Waals surface area contributed by atoms with Crippen molar-refractivity contribution in [3.63, 3.8) is 0 Å². The fraction of sp³-hybridized carbons (Fsp3) is 0.750. The van der Waals surface area contributed by atoms with Crippen LogP contribution in [0.5, 0.6) is 0 Å². The molecule has 0 radical (unpaired) electrons. The topological polar surface area (TPSA) is 24.9 Å². The molecule has 1 fully saturated rings. The fourth-order valence-corrected chi connectivity index (χ4v) is 3.68. The van der Waals surface area contributed by atoms with Crippen LogP contribution in [0.1, 0.15) is 38.3 Å². The Morgan fingerprint density at radius 1 is 1.69 bits per heavy atom. The Bertz CT molecular complexity index is 353. The molecule has 0 aromatic carbocycles. The largest absolute Gasteiger partial charge is 0.355 e. The van der Waals surface area contributed by atoms with Gasteiger partial charge in [-0.3, -0.25) is 0 Å². The minimum atomic E-state index is 0.0729. The molecular formula is C12H19ClN2S. The zero-order valence-corrected chi connectivity index (χ0v) is 11.5. The first-order valence-corrected chi connectivity index (χ1v) is 7.31. The van der Waals surface area contributed by atoms with Gasteiger partial charge in [-0.05, 0) is 25.7 Å². The maximum atomic E-state index is 6.17. The molecule has 2 nitrogen and oxygen atoms in total. The number of hydrogen-bond donors (Lipinski definition) is 1. The number of rotatable bonds is 3. The zero-order valence-electron chi connectivity index (χ0n) is 9.92. The second kappa shape index (κ2) is 4.92. The number of thiazole rings is 1. The van der Waals surface area contributed by atoms with E-state index >= 15 is 0 Å². The molecule has 1 saturated carbocycles. The van der Waals surface area contributed by atoms with Crippen LogP contribution in [-0.2, 0) is 0 Å². The van der Waals surface area contributed by atoms with Gasteiger partial charge < -0.3 is 5.32 Å². The zero-order chi connectivity index (χ0) is 11.6. The highest BCUT2D eigenvalue weighted by Crippen LogP contribution is 2.36. The molecule has 0 amide bonds. The molecule has 1 aromatic rings. The van der Waals surface area contributed by atoms with Crippen molar-refractivity contribution in [2.24, 2.45) is 5.92 Å². The van der Waals surface area contributed by atoms with Crippen molar-refractivity contribution < 1.29 is 0 Å². The molecule has 4 heteroatoms. The van der Waals surface area contributed by atoms with Crippen molar-refractivity contribution in [2.75, 3.05) is 11.2 Å². The van der Waals surface area contributed by atoms with Gasteiger partial charge in [0.25, 0.3) is 0 Å². The van der Waals surface area contributed by atoms with Gasteiger partial charge in [0.15, 0.2) is 5.13 Å². The van der Waals surface area contributed by atoms with Gasteiger partial charge in [-0.15, -0.1) is 22.9 Å². The standard InChI is InChI=1S/C12H19ClN2S/c1-9-4-3-5-12(6-9,8-13)15-11-14-10(2)7-16-11/h7,9H,3-6,8H2,1-2H3,(H,14,15). The van der Waals surface area contributed by atoms with E-state index in [0.29, 0.717) is 5.88 Å². The van der Waals surface area contributed by atoms with Crippen LogP contribution < -0.4 is 5.32 Å². The number of nitrogens with one attached hydrogen (secondary N) is 1. The number of aromatic nitrogens is 1. The number of nitrogens with zero attached hydrogens (tertiary/aromatic N) is 1. The van der Waals surface area contributed by atoms with E-state index in [1.54, 1.807) is 11.3 Å². The summed E-state index contributed by atoms with van der Waals surface area (Å²) in [7, 11) is 0. The van der Waals surface area contributed by atoms with Gasteiger partial charge in [0.05, 0.1) is 11.2 Å². The van der Waals surface area contributed by atoms with Crippen LogP contribution in [0.4, 0.5) is 5.13 Å². The van der Waals surface area contributed by atoms with Gasteiger partial charge in [-0.1, -0.05) is 19.8 Å². The maximum absolute atomic E-state index is 6.17. The van der Waals surface area contributed by atoms with Gasteiger partial charge in [-0.25, -0.2) is 4.98 Å². The van der Waals surface area contributed by atoms with Crippen LogP contribution in [0.15, 0.2) is 5.38 Å². The Labute approximate surface area is 106 Å². The minimum Gasteiger partial charge on any atom is -0.355 e. The quantitative estimate of drug-likeness (QED) is 0.828. The van der Waals surface area contributed by atoms with E-state index in [1.807, 2.05) is 6.92 Å². The van der Waals surface area contributed by atoms with E-state index in [-0.39, 0.29) is 5.54 Å². The van der Waals surface area contributed by atoms with E-state index in [0.717, 1.165) is 23.2 Å². The van der Waals surface area contributed by atoms with E-state index in [4.69, 9.17) is 11.6 Å². The summed E-state index contributed by atoms with van der Waals surface area (Å²) in [4.78, 5) is 4.47. The van der Waals surface area contributed by atoms with Crippen molar-refractivity contribution >= 4 is 28.1 Å². The molecular weight excluding hydrogens is 240 g/mol. The van der Waals surface area contributed by atoms with Gasteiger partial charge in [0, 0.05) is 11.3 Å². The molecule has 2 unspecified atom stereocenters. The monoisotopic (exact) mass is 258 g/mol. The highest BCUT2D eigenvalue weighted by Gasteiger charge is 2.34. The van der Waals surface area contributed by atoms with E-state index < -0.39 is 0 Å². The molecule has 2 rings (SSSR count). The summed E-state index contributed by atoms with van der Waals surface area (Å²) in [6, 6.07) is 0. The van der Waals surface area contributed by atoms with Crippen LogP contribution in [0.3, 0.4) is 0 Å². The molecule has 1 N–H and O–H groups in total. The third-order valence-electron chi connectivity index (χ3n) is 3.34. The third-order valence-corrected chi connectivity index (χ3v) is 4.73. The van der Waals surface area contributed by atoms with Crippen LogP contribution in [-0.4, -0.2) is 16.4 Å². The molecule has 90 valence electrons. The summed E-state index contributed by atoms with van der Waals surface area (Å²) in [6.07, 6.45) is 4.93. The smallest absolute Gasteiger partial charge is 0.183 e. The second-order valence-electron chi connectivity index (χ2n) is 5.03. The molecule has 1 aliphatic carbocycles. The highest BCUT2D eigenvalue weighted by atomic mass is 35.5. The molecule has 0 spiro atoms. The summed E-state index contributed by atoms with van der Waals surface area (Å²) in [6.45, 7) is 4.34. The minimum absolute atomic E-state index is 0.0729. The van der Waals surface area contributed by atoms with Crippen molar-refractivity contribution in [3.8, 4) is 0 Å². The predicted octanol–water partition coefficient (Wildman–Crippen LogP) is 4.05. The van der Waals surface area contributed by atoms with Gasteiger partial charge in [0.2, 0.25) is 0 Å². The van der Waals surface area contributed by atoms with Crippen LogP contribution >= 0.6 is 22.9 Å². The van der Waals surface area contributed by atoms with Crippen molar-refractivity contribution in [2.45, 2.75) is 45.1 Å². The summed E-state index contributed by atoms with van der Waals surface area (Å²) in [5.41, 5.74) is 1.16. The molecule has 2 atom stereocenters. The molecule has 1 heterocycles. The lowest BCUT2D eigenvalue weighted by atomic mass is 9.77. The summed E-state index contributed by atoms with van der Waals surface area (Å²) in [5, 5.41) is 6.67. The van der Waals surface area contributed by atoms with Crippen molar-refractivity contribution in [3.05, 3.63) is 11.1 Å².